The number of rotatable bonds is 40. The van der Waals surface area contributed by atoms with E-state index in [0.717, 1.165) is 51.4 Å². The Labute approximate surface area is 350 Å². The molecule has 328 valence electrons. The van der Waals surface area contributed by atoms with Crippen LogP contribution in [0.5, 0.6) is 0 Å². The van der Waals surface area contributed by atoms with E-state index in [1.807, 2.05) is 39.4 Å². The van der Waals surface area contributed by atoms with Gasteiger partial charge < -0.3 is 18.9 Å². The lowest BCUT2D eigenvalue weighted by Gasteiger charge is -2.24. The van der Waals surface area contributed by atoms with Crippen LogP contribution in [0, 0.1) is 0 Å². The lowest BCUT2D eigenvalue weighted by atomic mass is 10.1. The summed E-state index contributed by atoms with van der Waals surface area (Å²) in [5, 5.41) is 0. The summed E-state index contributed by atoms with van der Waals surface area (Å²) in [4.78, 5) is 22.6. The van der Waals surface area contributed by atoms with Crippen molar-refractivity contribution in [3.63, 3.8) is 0 Å². The predicted octanol–water partition coefficient (Wildman–Crippen LogP) is 13.6. The Hall–Kier alpha value is -2.48. The van der Waals surface area contributed by atoms with Crippen LogP contribution in [0.3, 0.4) is 0 Å². The van der Waals surface area contributed by atoms with E-state index in [4.69, 9.17) is 18.5 Å². The minimum absolute atomic E-state index is 0.0725. The summed E-state index contributed by atoms with van der Waals surface area (Å²) in [6, 6.07) is 0. The second-order valence-corrected chi connectivity index (χ2v) is 17.2. The number of allylic oxidation sites excluding steroid dienone is 13. The highest BCUT2D eigenvalue weighted by atomic mass is 31.2. The Morgan fingerprint density at radius 2 is 0.982 bits per heavy atom. The molecule has 0 aliphatic rings. The van der Waals surface area contributed by atoms with Crippen molar-refractivity contribution in [2.24, 2.45) is 0 Å². The van der Waals surface area contributed by atoms with E-state index in [9.17, 15) is 14.3 Å². The Bertz CT molecular complexity index is 1180. The van der Waals surface area contributed by atoms with Gasteiger partial charge in [0.25, 0.3) is 0 Å². The average Bonchev–Trinajstić information content (AvgIpc) is 3.17. The van der Waals surface area contributed by atoms with Crippen molar-refractivity contribution in [1.29, 1.82) is 0 Å². The van der Waals surface area contributed by atoms with Gasteiger partial charge in [0.2, 0.25) is 0 Å². The van der Waals surface area contributed by atoms with E-state index in [1.54, 1.807) is 6.26 Å². The van der Waals surface area contributed by atoms with E-state index in [0.29, 0.717) is 17.4 Å². The fraction of sp³-hybridized carbons (Fsp3) is 0.688. The first-order chi connectivity index (χ1) is 27.6. The zero-order valence-electron chi connectivity index (χ0n) is 37.0. The van der Waals surface area contributed by atoms with Crippen molar-refractivity contribution in [3.8, 4) is 0 Å². The molecule has 0 heterocycles. The summed E-state index contributed by atoms with van der Waals surface area (Å²) in [6.07, 6.45) is 54.5. The topological polar surface area (TPSA) is 91.3 Å². The van der Waals surface area contributed by atoms with Crippen LogP contribution in [0.15, 0.2) is 85.3 Å². The van der Waals surface area contributed by atoms with E-state index in [1.165, 1.54) is 83.5 Å². The molecule has 0 aromatic carbocycles. The normalized spacial score (nSPS) is 14.5. The maximum atomic E-state index is 12.5. The van der Waals surface area contributed by atoms with E-state index < -0.39 is 13.9 Å². The number of unbranched alkanes of at least 4 members (excludes halogenated alkanes) is 14. The number of esters is 1. The smallest absolute Gasteiger partial charge is 0.472 e. The van der Waals surface area contributed by atoms with Crippen LogP contribution in [-0.2, 0) is 27.9 Å². The Morgan fingerprint density at radius 1 is 0.561 bits per heavy atom. The number of likely N-dealkylation sites (N-methyl/N-ethyl adjacent to an activating group) is 1. The number of hydrogen-bond donors (Lipinski definition) is 1. The third kappa shape index (κ3) is 44.5. The van der Waals surface area contributed by atoms with Gasteiger partial charge in [-0.15, -0.1) is 0 Å². The van der Waals surface area contributed by atoms with Crippen LogP contribution in [0.1, 0.15) is 162 Å². The van der Waals surface area contributed by atoms with Crippen LogP contribution in [-0.4, -0.2) is 69.0 Å². The molecular formula is C48H85NO7P+. The van der Waals surface area contributed by atoms with Gasteiger partial charge in [-0.3, -0.25) is 13.8 Å². The molecular weight excluding hydrogens is 734 g/mol. The van der Waals surface area contributed by atoms with Gasteiger partial charge in [0.15, 0.2) is 6.10 Å². The molecule has 0 fully saturated rings. The number of carbonyl (C=O) groups is 1. The van der Waals surface area contributed by atoms with E-state index >= 15 is 0 Å². The fourth-order valence-electron chi connectivity index (χ4n) is 5.45. The minimum Gasteiger partial charge on any atom is -0.492 e. The Kier molecular flexibility index (Phi) is 38.6. The lowest BCUT2D eigenvalue weighted by Crippen LogP contribution is -2.37. The number of carbonyl (C=O) groups excluding carboxylic acids is 1. The van der Waals surface area contributed by atoms with Crippen LogP contribution in [0.25, 0.3) is 0 Å². The summed E-state index contributed by atoms with van der Waals surface area (Å²) in [7, 11) is 1.62. The molecule has 57 heavy (non-hydrogen) atoms. The van der Waals surface area contributed by atoms with Crippen molar-refractivity contribution in [3.05, 3.63) is 85.3 Å². The van der Waals surface area contributed by atoms with Crippen molar-refractivity contribution >= 4 is 13.8 Å². The van der Waals surface area contributed by atoms with Gasteiger partial charge in [0.05, 0.1) is 34.0 Å². The van der Waals surface area contributed by atoms with Crippen LogP contribution >= 0.6 is 7.82 Å². The summed E-state index contributed by atoms with van der Waals surface area (Å²) < 4.78 is 34.7. The molecule has 9 heteroatoms. The number of nitrogens with zero attached hydrogens (tertiary/aromatic N) is 1. The van der Waals surface area contributed by atoms with E-state index in [2.05, 4.69) is 74.6 Å². The first-order valence-electron chi connectivity index (χ1n) is 22.4. The number of phosphoric acid groups is 1. The maximum Gasteiger partial charge on any atom is 0.472 e. The molecule has 0 bridgehead atoms. The average molecular weight is 819 g/mol. The SMILES string of the molecule is CCCCC/C=C\C/C=C\C/C=C\C/C=C\C/C=C\CCC(=O)OCC(COP(=O)(O)OCC[N+](C)(C)C)O/C=C\CCCCCC/C=C\CCCCCCCC. The highest BCUT2D eigenvalue weighted by Gasteiger charge is 2.25. The summed E-state index contributed by atoms with van der Waals surface area (Å²) in [5.41, 5.74) is 0. The highest BCUT2D eigenvalue weighted by molar-refractivity contribution is 7.47. The molecule has 0 saturated heterocycles. The number of phosphoric ester groups is 1. The van der Waals surface area contributed by atoms with Crippen molar-refractivity contribution in [2.45, 2.75) is 168 Å². The van der Waals surface area contributed by atoms with Gasteiger partial charge in [0, 0.05) is 6.42 Å². The standard InChI is InChI=1S/C48H84NO7P/c1-6-8-10-12-14-16-18-20-22-24-25-26-27-29-31-33-35-37-39-41-48(50)54-45-47(46-56-57(51,52)55-44-42-49(3,4)5)53-43-40-38-36-34-32-30-28-23-21-19-17-15-13-11-9-7-2/h14,16,20-23,25-26,29,31,35,37,40,43,47H,6-13,15,17-19,24,27-28,30,32-34,36,38-39,41-42,44-46H2,1-5H3/p+1/b16-14-,22-20-,23-21-,26-25-,31-29-,37-35-,43-40-. The third-order valence-electron chi connectivity index (χ3n) is 9.03. The molecule has 1 N–H and O–H groups in total. The molecule has 0 aliphatic carbocycles. The highest BCUT2D eigenvalue weighted by Crippen LogP contribution is 2.43. The molecule has 2 atom stereocenters. The molecule has 0 amide bonds. The van der Waals surface area contributed by atoms with Crippen molar-refractivity contribution in [1.82, 2.24) is 0 Å². The zero-order valence-corrected chi connectivity index (χ0v) is 37.9. The summed E-state index contributed by atoms with van der Waals surface area (Å²) in [5.74, 6) is -0.362. The number of hydrogen-bond acceptors (Lipinski definition) is 6. The van der Waals surface area contributed by atoms with Crippen LogP contribution in [0.4, 0.5) is 0 Å². The molecule has 0 aliphatic heterocycles. The zero-order chi connectivity index (χ0) is 42.0. The molecule has 8 nitrogen and oxygen atoms in total. The van der Waals surface area contributed by atoms with Gasteiger partial charge in [-0.25, -0.2) is 4.57 Å². The quantitative estimate of drug-likeness (QED) is 0.0164. The molecule has 2 unspecified atom stereocenters. The van der Waals surface area contributed by atoms with Gasteiger partial charge in [-0.05, 0) is 89.5 Å². The van der Waals surface area contributed by atoms with E-state index in [-0.39, 0.29) is 32.2 Å². The predicted molar refractivity (Wildman–Crippen MR) is 242 cm³/mol. The first-order valence-corrected chi connectivity index (χ1v) is 23.9. The third-order valence-corrected chi connectivity index (χ3v) is 10.0. The molecule has 0 saturated carbocycles. The van der Waals surface area contributed by atoms with Gasteiger partial charge in [-0.2, -0.15) is 0 Å². The molecule has 0 spiro atoms. The Balaban J connectivity index is 4.44. The molecule has 0 rings (SSSR count). The summed E-state index contributed by atoms with van der Waals surface area (Å²) >= 11 is 0. The van der Waals surface area contributed by atoms with Crippen molar-refractivity contribution in [2.75, 3.05) is 47.5 Å². The maximum absolute atomic E-state index is 12.5. The van der Waals surface area contributed by atoms with Gasteiger partial charge in [-0.1, -0.05) is 145 Å². The number of quaternary nitrogens is 1. The second kappa shape index (κ2) is 40.3. The lowest BCUT2D eigenvalue weighted by molar-refractivity contribution is -0.870. The molecule has 0 aromatic rings. The van der Waals surface area contributed by atoms with Gasteiger partial charge in [0.1, 0.15) is 19.8 Å². The fourth-order valence-corrected chi connectivity index (χ4v) is 6.19. The monoisotopic (exact) mass is 819 g/mol. The summed E-state index contributed by atoms with van der Waals surface area (Å²) in [6.45, 7) is 4.76. The molecule has 0 aromatic heterocycles. The minimum atomic E-state index is -4.29. The molecule has 0 radical (unpaired) electrons. The largest absolute Gasteiger partial charge is 0.492 e. The first kappa shape index (κ1) is 54.5. The van der Waals surface area contributed by atoms with Crippen LogP contribution < -0.4 is 0 Å². The van der Waals surface area contributed by atoms with Crippen molar-refractivity contribution < 1.29 is 37.3 Å². The van der Waals surface area contributed by atoms with Crippen LogP contribution in [0.2, 0.25) is 0 Å². The Morgan fingerprint density at radius 3 is 1.51 bits per heavy atom. The van der Waals surface area contributed by atoms with Gasteiger partial charge >= 0.3 is 13.8 Å². The second-order valence-electron chi connectivity index (χ2n) is 15.8. The number of ether oxygens (including phenoxy) is 2.